The number of fused-ring (bicyclic) bond motifs is 3. The fourth-order valence-corrected chi connectivity index (χ4v) is 3.25. The highest BCUT2D eigenvalue weighted by atomic mass is 32.2. The van der Waals surface area contributed by atoms with Gasteiger partial charge >= 0.3 is 0 Å². The molecule has 0 radical (unpaired) electrons. The van der Waals surface area contributed by atoms with E-state index in [2.05, 4.69) is 10.4 Å². The van der Waals surface area contributed by atoms with E-state index in [4.69, 9.17) is 4.55 Å². The smallest absolute Gasteiger partial charge is 0.292 e. The first kappa shape index (κ1) is 16.3. The maximum atomic E-state index is 12.5. The summed E-state index contributed by atoms with van der Waals surface area (Å²) < 4.78 is 20.1. The highest BCUT2D eigenvalue weighted by Crippen LogP contribution is 2.30. The first-order valence-corrected chi connectivity index (χ1v) is 8.95. The zero-order valence-electron chi connectivity index (χ0n) is 13.5. The van der Waals surface area contributed by atoms with Crippen LogP contribution in [0.4, 0.5) is 11.4 Å². The molecule has 2 N–H and O–H groups in total. The van der Waals surface area contributed by atoms with Crippen molar-refractivity contribution < 1.29 is 13.6 Å². The van der Waals surface area contributed by atoms with Gasteiger partial charge in [-0.3, -0.25) is 4.98 Å². The molecule has 0 saturated carbocycles. The molecule has 0 aliphatic heterocycles. The van der Waals surface area contributed by atoms with Crippen molar-refractivity contribution >= 4 is 44.1 Å². The molecule has 1 heterocycles. The van der Waals surface area contributed by atoms with Gasteiger partial charge in [-0.05, 0) is 29.7 Å². The molecular weight excluding hydrogens is 350 g/mol. The van der Waals surface area contributed by atoms with E-state index < -0.39 is 11.1 Å². The van der Waals surface area contributed by atoms with Gasteiger partial charge < -0.3 is 4.55 Å². The van der Waals surface area contributed by atoms with Crippen LogP contribution in [0.2, 0.25) is 0 Å². The van der Waals surface area contributed by atoms with Crippen LogP contribution in [0.1, 0.15) is 0 Å². The lowest BCUT2D eigenvalue weighted by molar-refractivity contribution is -0.427. The number of pyridine rings is 1. The third kappa shape index (κ3) is 2.94. The molecular formula is C19H14N3O3S+. The molecule has 0 aliphatic rings. The second-order valence-electron chi connectivity index (χ2n) is 5.69. The van der Waals surface area contributed by atoms with Crippen molar-refractivity contribution in [1.82, 2.24) is 4.98 Å². The number of rotatable bonds is 4. The van der Waals surface area contributed by atoms with Gasteiger partial charge in [0.25, 0.3) is 5.69 Å². The Bertz CT molecular complexity index is 1160. The van der Waals surface area contributed by atoms with Crippen LogP contribution in [0.3, 0.4) is 0 Å². The van der Waals surface area contributed by atoms with Crippen molar-refractivity contribution in [3.05, 3.63) is 77.8 Å². The Morgan fingerprint density at radius 2 is 1.65 bits per heavy atom. The monoisotopic (exact) mass is 364 g/mol. The minimum Gasteiger partial charge on any atom is -0.302 e. The van der Waals surface area contributed by atoms with E-state index in [1.165, 1.54) is 24.3 Å². The molecule has 0 fully saturated rings. The number of hydrogen-bond donors (Lipinski definition) is 2. The lowest BCUT2D eigenvalue weighted by Crippen LogP contribution is -2.10. The zero-order valence-corrected chi connectivity index (χ0v) is 14.3. The zero-order chi connectivity index (χ0) is 18.1. The van der Waals surface area contributed by atoms with Crippen LogP contribution in [0, 0.1) is 4.91 Å². The topological polar surface area (TPSA) is 82.3 Å². The third-order valence-electron chi connectivity index (χ3n) is 4.11. The third-order valence-corrected chi connectivity index (χ3v) is 4.79. The van der Waals surface area contributed by atoms with Crippen LogP contribution in [0.15, 0.2) is 77.8 Å². The van der Waals surface area contributed by atoms with Crippen molar-refractivity contribution in [2.45, 2.75) is 4.90 Å². The lowest BCUT2D eigenvalue weighted by atomic mass is 10.0. The predicted molar refractivity (Wildman–Crippen MR) is 102 cm³/mol. The van der Waals surface area contributed by atoms with Crippen LogP contribution in [-0.2, 0) is 11.1 Å². The molecule has 128 valence electrons. The van der Waals surface area contributed by atoms with E-state index >= 15 is 0 Å². The van der Waals surface area contributed by atoms with Crippen LogP contribution in [0.5, 0.6) is 0 Å². The molecule has 4 rings (SSSR count). The second kappa shape index (κ2) is 6.62. The maximum Gasteiger partial charge on any atom is 0.292 e. The maximum absolute atomic E-state index is 12.5. The molecule has 0 spiro atoms. The molecule has 0 bridgehead atoms. The van der Waals surface area contributed by atoms with Crippen molar-refractivity contribution in [2.75, 3.05) is 5.43 Å². The van der Waals surface area contributed by atoms with E-state index in [-0.39, 0.29) is 4.90 Å². The highest BCUT2D eigenvalue weighted by molar-refractivity contribution is 7.79. The molecule has 0 saturated heterocycles. The molecule has 0 aliphatic carbocycles. The first-order chi connectivity index (χ1) is 12.6. The SMILES string of the molecule is O=[N+](Nc1cccc2ccc3cccnc3c12)c1ccc(S(=O)O)cc1. The Kier molecular flexibility index (Phi) is 4.16. The van der Waals surface area contributed by atoms with Gasteiger partial charge in [0.05, 0.1) is 15.3 Å². The minimum absolute atomic E-state index is 0.238. The Hall–Kier alpha value is -3.16. The number of benzene rings is 3. The molecule has 1 unspecified atom stereocenters. The molecule has 6 nitrogen and oxygen atoms in total. The Balaban J connectivity index is 1.76. The minimum atomic E-state index is -2.07. The summed E-state index contributed by atoms with van der Waals surface area (Å²) in [6.07, 6.45) is 1.72. The lowest BCUT2D eigenvalue weighted by Gasteiger charge is -2.07. The Morgan fingerprint density at radius 3 is 2.42 bits per heavy atom. The number of hydrazine groups is 1. The average Bonchev–Trinajstić information content (AvgIpc) is 2.68. The standard InChI is InChI=1S/C19H13N3O3S/c23-22(15-8-10-16(11-9-15)26(24)25)21-17-5-1-3-13-6-7-14-4-2-12-20-19(14)18(13)17/h1-12H,(H-,21,23,24,25)/p+1. The normalized spacial score (nSPS) is 12.2. The molecule has 4 aromatic rings. The van der Waals surface area contributed by atoms with Gasteiger partial charge in [0.2, 0.25) is 0 Å². The van der Waals surface area contributed by atoms with Crippen molar-refractivity contribution in [3.63, 3.8) is 0 Å². The van der Waals surface area contributed by atoms with Gasteiger partial charge in [0.15, 0.2) is 15.9 Å². The Labute approximate surface area is 151 Å². The van der Waals surface area contributed by atoms with Crippen LogP contribution >= 0.6 is 0 Å². The largest absolute Gasteiger partial charge is 0.302 e. The van der Waals surface area contributed by atoms with E-state index in [9.17, 15) is 9.12 Å². The van der Waals surface area contributed by atoms with Gasteiger partial charge in [-0.25, -0.2) is 4.21 Å². The highest BCUT2D eigenvalue weighted by Gasteiger charge is 2.17. The number of hydrogen-bond acceptors (Lipinski definition) is 3. The van der Waals surface area contributed by atoms with Gasteiger partial charge in [0, 0.05) is 29.1 Å². The number of nitroso groups, excluding NO2 is 1. The molecule has 3 aromatic carbocycles. The van der Waals surface area contributed by atoms with E-state index in [0.717, 1.165) is 21.7 Å². The van der Waals surface area contributed by atoms with Gasteiger partial charge in [-0.1, -0.05) is 30.3 Å². The van der Waals surface area contributed by atoms with Gasteiger partial charge in [0.1, 0.15) is 5.69 Å². The molecule has 26 heavy (non-hydrogen) atoms. The van der Waals surface area contributed by atoms with Gasteiger partial charge in [-0.15, -0.1) is 5.43 Å². The average molecular weight is 364 g/mol. The number of anilines is 1. The quantitative estimate of drug-likeness (QED) is 0.243. The van der Waals surface area contributed by atoms with Crippen molar-refractivity contribution in [3.8, 4) is 0 Å². The van der Waals surface area contributed by atoms with E-state index in [0.29, 0.717) is 16.2 Å². The van der Waals surface area contributed by atoms with E-state index in [1.54, 1.807) is 6.20 Å². The summed E-state index contributed by atoms with van der Waals surface area (Å²) in [5.74, 6) is 0. The number of nitrogens with one attached hydrogen (secondary N) is 1. The molecule has 1 aromatic heterocycles. The summed E-state index contributed by atoms with van der Waals surface area (Å²) in [7, 11) is 0. The summed E-state index contributed by atoms with van der Waals surface area (Å²) in [6.45, 7) is 0. The summed E-state index contributed by atoms with van der Waals surface area (Å²) in [5.41, 5.74) is 4.61. The fraction of sp³-hybridized carbons (Fsp3) is 0. The van der Waals surface area contributed by atoms with E-state index in [1.807, 2.05) is 42.5 Å². The van der Waals surface area contributed by atoms with Crippen LogP contribution in [-0.4, -0.2) is 18.6 Å². The second-order valence-corrected chi connectivity index (χ2v) is 6.66. The van der Waals surface area contributed by atoms with Gasteiger partial charge in [-0.2, -0.15) is 0 Å². The van der Waals surface area contributed by atoms with Crippen LogP contribution < -0.4 is 5.43 Å². The summed E-state index contributed by atoms with van der Waals surface area (Å²) in [6, 6.07) is 19.4. The van der Waals surface area contributed by atoms with Crippen LogP contribution in [0.25, 0.3) is 21.7 Å². The first-order valence-electron chi connectivity index (χ1n) is 7.85. The predicted octanol–water partition coefficient (Wildman–Crippen LogP) is 4.41. The summed E-state index contributed by atoms with van der Waals surface area (Å²) in [5, 5.41) is 2.82. The number of aromatic nitrogens is 1. The molecule has 0 amide bonds. The molecule has 1 atom stereocenters. The van der Waals surface area contributed by atoms with Crippen molar-refractivity contribution in [1.29, 1.82) is 0 Å². The Morgan fingerprint density at radius 1 is 0.923 bits per heavy atom. The van der Waals surface area contributed by atoms with Crippen molar-refractivity contribution in [2.24, 2.45) is 0 Å². The summed E-state index contributed by atoms with van der Waals surface area (Å²) in [4.78, 5) is 17.8. The summed E-state index contributed by atoms with van der Waals surface area (Å²) >= 11 is -2.07. The fourth-order valence-electron chi connectivity index (χ4n) is 2.88. The number of nitrogens with zero attached hydrogens (tertiary/aromatic N) is 2. The molecule has 7 heteroatoms.